The first-order chi connectivity index (χ1) is 23.0. The Morgan fingerprint density at radius 1 is 0.796 bits per heavy atom. The molecule has 1 aromatic carbocycles. The highest BCUT2D eigenvalue weighted by Gasteiger charge is 2.40. The molecule has 0 radical (unpaired) electrons. The van der Waals surface area contributed by atoms with Gasteiger partial charge >= 0.3 is 11.9 Å². The molecular formula is C35H63N5O8S. The van der Waals surface area contributed by atoms with Gasteiger partial charge in [-0.1, -0.05) is 54.4 Å². The zero-order chi connectivity index (χ0) is 38.6. The first-order valence-electron chi connectivity index (χ1n) is 16.8. The van der Waals surface area contributed by atoms with Gasteiger partial charge in [-0.05, 0) is 70.1 Å². The Hall–Kier alpha value is -3.81. The summed E-state index contributed by atoms with van der Waals surface area (Å²) in [5.74, 6) is -3.88. The molecule has 0 saturated heterocycles. The molecule has 1 unspecified atom stereocenters. The maximum absolute atomic E-state index is 12.5. The lowest BCUT2D eigenvalue weighted by atomic mass is 9.74. The van der Waals surface area contributed by atoms with Crippen molar-refractivity contribution in [2.45, 2.75) is 106 Å². The van der Waals surface area contributed by atoms with E-state index < -0.39 is 46.5 Å². The maximum atomic E-state index is 12.5. The lowest BCUT2D eigenvalue weighted by molar-refractivity contribution is -0.151. The highest BCUT2D eigenvalue weighted by Crippen LogP contribution is 2.34. The van der Waals surface area contributed by atoms with Crippen LogP contribution in [-0.4, -0.2) is 84.8 Å². The average Bonchev–Trinajstić information content (AvgIpc) is 3.07. The molecular weight excluding hydrogens is 650 g/mol. The molecule has 0 aromatic heterocycles. The van der Waals surface area contributed by atoms with Gasteiger partial charge in [0.1, 0.15) is 6.04 Å². The second kappa shape index (κ2) is 28.1. The van der Waals surface area contributed by atoms with Crippen LogP contribution in [0.1, 0.15) is 111 Å². The van der Waals surface area contributed by atoms with E-state index in [0.717, 1.165) is 37.2 Å². The van der Waals surface area contributed by atoms with Crippen LogP contribution in [0, 0.1) is 10.8 Å². The third-order valence-electron chi connectivity index (χ3n) is 6.86. The van der Waals surface area contributed by atoms with Gasteiger partial charge in [0.2, 0.25) is 17.7 Å². The van der Waals surface area contributed by atoms with Crippen LogP contribution >= 0.6 is 12.6 Å². The predicted octanol–water partition coefficient (Wildman–Crippen LogP) is 4.73. The van der Waals surface area contributed by atoms with E-state index in [2.05, 4.69) is 53.1 Å². The molecule has 0 heterocycles. The normalized spacial score (nSPS) is 10.9. The molecule has 14 heteroatoms. The second-order valence-electron chi connectivity index (χ2n) is 12.1. The van der Waals surface area contributed by atoms with Crippen molar-refractivity contribution in [2.75, 3.05) is 38.3 Å². The molecule has 0 aliphatic heterocycles. The average molecular weight is 714 g/mol. The zero-order valence-corrected chi connectivity index (χ0v) is 32.1. The number of benzene rings is 1. The number of carboxylic acids is 2. The number of nitrogens with one attached hydrogen (secondary N) is 5. The van der Waals surface area contributed by atoms with Crippen LogP contribution in [0.3, 0.4) is 0 Å². The SMILES string of the molecule is CC.CCCCCNC(=O)c1ccc(NCCC)cc1.CNC(=O)CNC(=O)CCC(NC(=O)C(C)(C)CC(C)(C)C(=O)O)C(=O)O.CS. The summed E-state index contributed by atoms with van der Waals surface area (Å²) in [7, 11) is 1.41. The van der Waals surface area contributed by atoms with Crippen LogP contribution in [0.4, 0.5) is 5.69 Å². The first-order valence-corrected chi connectivity index (χ1v) is 17.7. The van der Waals surface area contributed by atoms with E-state index in [1.54, 1.807) is 6.26 Å². The van der Waals surface area contributed by atoms with Crippen LogP contribution in [-0.2, 0) is 24.0 Å². The van der Waals surface area contributed by atoms with E-state index in [4.69, 9.17) is 0 Å². The third kappa shape index (κ3) is 23.2. The van der Waals surface area contributed by atoms with Crippen molar-refractivity contribution in [1.82, 2.24) is 21.3 Å². The molecule has 7 N–H and O–H groups in total. The van der Waals surface area contributed by atoms with Gasteiger partial charge in [0.15, 0.2) is 0 Å². The summed E-state index contributed by atoms with van der Waals surface area (Å²) in [4.78, 5) is 69.6. The molecule has 49 heavy (non-hydrogen) atoms. The Morgan fingerprint density at radius 3 is 1.84 bits per heavy atom. The van der Waals surface area contributed by atoms with Gasteiger partial charge in [0.25, 0.3) is 5.91 Å². The lowest BCUT2D eigenvalue weighted by Gasteiger charge is -2.32. The molecule has 1 aromatic rings. The minimum Gasteiger partial charge on any atom is -0.481 e. The number of rotatable bonds is 19. The van der Waals surface area contributed by atoms with Crippen LogP contribution in [0.15, 0.2) is 24.3 Å². The van der Waals surface area contributed by atoms with Gasteiger partial charge in [-0.2, -0.15) is 12.6 Å². The fraction of sp³-hybridized carbons (Fsp3) is 0.657. The van der Waals surface area contributed by atoms with Crippen molar-refractivity contribution in [2.24, 2.45) is 10.8 Å². The van der Waals surface area contributed by atoms with Gasteiger partial charge in [-0.25, -0.2) is 4.79 Å². The van der Waals surface area contributed by atoms with Crippen molar-refractivity contribution in [3.63, 3.8) is 0 Å². The summed E-state index contributed by atoms with van der Waals surface area (Å²) in [6, 6.07) is 6.34. The van der Waals surface area contributed by atoms with E-state index in [1.807, 2.05) is 38.1 Å². The number of amides is 4. The highest BCUT2D eigenvalue weighted by molar-refractivity contribution is 7.79. The quantitative estimate of drug-likeness (QED) is 0.0737. The minimum absolute atomic E-state index is 0.000120. The molecule has 13 nitrogen and oxygen atoms in total. The summed E-state index contributed by atoms with van der Waals surface area (Å²) >= 11 is 3.53. The molecule has 0 aliphatic rings. The molecule has 4 amide bonds. The lowest BCUT2D eigenvalue weighted by Crippen LogP contribution is -2.48. The number of aliphatic carboxylic acids is 2. The number of likely N-dealkylation sites (N-methyl/N-ethyl adjacent to an activating group) is 1. The van der Waals surface area contributed by atoms with Crippen molar-refractivity contribution in [1.29, 1.82) is 0 Å². The van der Waals surface area contributed by atoms with Crippen LogP contribution < -0.4 is 26.6 Å². The van der Waals surface area contributed by atoms with E-state index in [9.17, 15) is 39.0 Å². The Balaban J connectivity index is -0.000000830. The number of unbranched alkanes of at least 4 members (excludes halogenated alkanes) is 2. The third-order valence-corrected chi connectivity index (χ3v) is 6.86. The first kappa shape index (κ1) is 49.6. The number of carbonyl (C=O) groups is 6. The monoisotopic (exact) mass is 713 g/mol. The molecule has 0 aliphatic carbocycles. The van der Waals surface area contributed by atoms with Gasteiger partial charge < -0.3 is 36.8 Å². The fourth-order valence-corrected chi connectivity index (χ4v) is 4.19. The Bertz CT molecular complexity index is 1130. The van der Waals surface area contributed by atoms with E-state index in [-0.39, 0.29) is 31.7 Å². The Kier molecular flexibility index (Phi) is 28.4. The summed E-state index contributed by atoms with van der Waals surface area (Å²) < 4.78 is 0. The van der Waals surface area contributed by atoms with Crippen LogP contribution in [0.2, 0.25) is 0 Å². The number of anilines is 1. The Morgan fingerprint density at radius 2 is 1.37 bits per heavy atom. The van der Waals surface area contributed by atoms with E-state index in [0.29, 0.717) is 0 Å². The number of thiol groups is 1. The zero-order valence-electron chi connectivity index (χ0n) is 31.2. The molecule has 0 fully saturated rings. The molecule has 0 saturated carbocycles. The topological polar surface area (TPSA) is 203 Å². The molecule has 0 spiro atoms. The van der Waals surface area contributed by atoms with Crippen molar-refractivity contribution in [3.8, 4) is 0 Å². The van der Waals surface area contributed by atoms with E-state index >= 15 is 0 Å². The summed E-state index contributed by atoms with van der Waals surface area (Å²) in [5.41, 5.74) is -0.496. The number of carbonyl (C=O) groups excluding carboxylic acids is 4. The predicted molar refractivity (Wildman–Crippen MR) is 199 cm³/mol. The number of hydrogen-bond donors (Lipinski definition) is 8. The summed E-state index contributed by atoms with van der Waals surface area (Å²) in [5, 5.41) is 31.7. The summed E-state index contributed by atoms with van der Waals surface area (Å²) in [6.45, 7) is 15.8. The standard InChI is InChI=1S/C17H29N3O7.C15H24N2O.C2H6.CH4S/c1-16(2,9-17(3,4)15(26)27)14(25)20-10(13(23)24)6-7-11(21)19-8-12(22)18-5;1-3-5-6-12-17-15(18)13-7-9-14(10-8-13)16-11-4-2;2*1-2/h10H,6-9H2,1-5H3,(H,18,22)(H,19,21)(H,20,25)(H,23,24)(H,26,27);7-10,16H,3-6,11-12H2,1-2H3,(H,17,18);1-2H3;2H,1H3. The van der Waals surface area contributed by atoms with Crippen molar-refractivity contribution >= 4 is 53.9 Å². The number of hydrogen-bond acceptors (Lipinski definition) is 8. The molecule has 282 valence electrons. The molecule has 1 rings (SSSR count). The van der Waals surface area contributed by atoms with Crippen molar-refractivity contribution < 1.29 is 39.0 Å². The Labute approximate surface area is 298 Å². The smallest absolute Gasteiger partial charge is 0.326 e. The van der Waals surface area contributed by atoms with Crippen LogP contribution in [0.5, 0.6) is 0 Å². The molecule has 1 atom stereocenters. The highest BCUT2D eigenvalue weighted by atomic mass is 32.1. The van der Waals surface area contributed by atoms with Gasteiger partial charge in [0, 0.05) is 43.2 Å². The largest absolute Gasteiger partial charge is 0.481 e. The minimum atomic E-state index is -1.31. The fourth-order valence-electron chi connectivity index (χ4n) is 4.19. The van der Waals surface area contributed by atoms with Crippen LogP contribution in [0.25, 0.3) is 0 Å². The summed E-state index contributed by atoms with van der Waals surface area (Å²) in [6.07, 6.45) is 5.82. The maximum Gasteiger partial charge on any atom is 0.326 e. The van der Waals surface area contributed by atoms with E-state index in [1.165, 1.54) is 47.6 Å². The van der Waals surface area contributed by atoms with Gasteiger partial charge in [-0.3, -0.25) is 24.0 Å². The van der Waals surface area contributed by atoms with Gasteiger partial charge in [0.05, 0.1) is 12.0 Å². The van der Waals surface area contributed by atoms with Gasteiger partial charge in [-0.15, -0.1) is 0 Å². The number of carboxylic acid groups (broad SMARTS) is 2. The van der Waals surface area contributed by atoms with Crippen molar-refractivity contribution in [3.05, 3.63) is 29.8 Å². The molecule has 0 bridgehead atoms. The second-order valence-corrected chi connectivity index (χ2v) is 12.1.